The van der Waals surface area contributed by atoms with Gasteiger partial charge in [0.05, 0.1) is 24.3 Å². The number of hydrogen-bond acceptors (Lipinski definition) is 4. The highest BCUT2D eigenvalue weighted by Crippen LogP contribution is 2.30. The van der Waals surface area contributed by atoms with E-state index >= 15 is 0 Å². The van der Waals surface area contributed by atoms with E-state index in [0.29, 0.717) is 17.6 Å². The van der Waals surface area contributed by atoms with Gasteiger partial charge >= 0.3 is 5.76 Å². The number of aromatic nitrogens is 3. The number of benzene rings is 2. The summed E-state index contributed by atoms with van der Waals surface area (Å²) < 4.78 is 8.61. The molecule has 152 valence electrons. The van der Waals surface area contributed by atoms with E-state index < -0.39 is 5.76 Å². The molecule has 1 atom stereocenters. The maximum Gasteiger partial charge on any atom is 0.420 e. The molecule has 0 saturated heterocycles. The van der Waals surface area contributed by atoms with Crippen LogP contribution in [0.2, 0.25) is 0 Å². The summed E-state index contributed by atoms with van der Waals surface area (Å²) in [5.74, 6) is -0.733. The molecule has 0 radical (unpaired) electrons. The van der Waals surface area contributed by atoms with Crippen molar-refractivity contribution in [2.45, 2.75) is 38.4 Å². The van der Waals surface area contributed by atoms with E-state index in [-0.39, 0.29) is 18.5 Å². The number of hydrogen-bond donors (Lipinski definition) is 1. The van der Waals surface area contributed by atoms with Crippen molar-refractivity contribution in [2.75, 3.05) is 0 Å². The first kappa shape index (κ1) is 18.4. The number of amides is 1. The van der Waals surface area contributed by atoms with Crippen molar-refractivity contribution < 1.29 is 9.21 Å². The van der Waals surface area contributed by atoms with E-state index in [2.05, 4.69) is 22.5 Å². The van der Waals surface area contributed by atoms with Crippen molar-refractivity contribution in [3.8, 4) is 0 Å². The Morgan fingerprint density at radius 3 is 2.80 bits per heavy atom. The normalized spacial score (nSPS) is 15.8. The van der Waals surface area contributed by atoms with Crippen LogP contribution < -0.4 is 11.1 Å². The van der Waals surface area contributed by atoms with Crippen molar-refractivity contribution in [1.82, 2.24) is 19.7 Å². The summed E-state index contributed by atoms with van der Waals surface area (Å²) in [7, 11) is 0. The maximum absolute atomic E-state index is 12.7. The van der Waals surface area contributed by atoms with Gasteiger partial charge in [-0.15, -0.1) is 0 Å². The Balaban J connectivity index is 1.33. The zero-order chi connectivity index (χ0) is 20.5. The third-order valence-corrected chi connectivity index (χ3v) is 5.65. The lowest BCUT2D eigenvalue weighted by Crippen LogP contribution is -2.35. The van der Waals surface area contributed by atoms with Crippen LogP contribution in [0.5, 0.6) is 0 Å². The number of nitrogens with one attached hydrogen (secondary N) is 1. The predicted octanol–water partition coefficient (Wildman–Crippen LogP) is 3.03. The van der Waals surface area contributed by atoms with Gasteiger partial charge in [0, 0.05) is 11.3 Å². The van der Waals surface area contributed by atoms with E-state index in [4.69, 9.17) is 4.42 Å². The van der Waals surface area contributed by atoms with Gasteiger partial charge in [0.2, 0.25) is 5.91 Å². The molecular formula is C23H22N4O3. The SMILES string of the molecule is O=C(Cn1c(=O)oc2ccccc21)NC1CCCc2c1cnn2Cc1ccccc1. The van der Waals surface area contributed by atoms with Crippen LogP contribution in [0.15, 0.2) is 70.0 Å². The molecule has 0 fully saturated rings. The van der Waals surface area contributed by atoms with Crippen LogP contribution in [-0.2, 0) is 24.3 Å². The Morgan fingerprint density at radius 2 is 1.93 bits per heavy atom. The van der Waals surface area contributed by atoms with Gasteiger partial charge in [-0.1, -0.05) is 42.5 Å². The topological polar surface area (TPSA) is 82.1 Å². The Labute approximate surface area is 172 Å². The molecule has 30 heavy (non-hydrogen) atoms. The van der Waals surface area contributed by atoms with Crippen molar-refractivity contribution >= 4 is 17.0 Å². The summed E-state index contributed by atoms with van der Waals surface area (Å²) in [5, 5.41) is 7.67. The van der Waals surface area contributed by atoms with Crippen molar-refractivity contribution in [3.05, 3.63) is 88.2 Å². The minimum absolute atomic E-state index is 0.0696. The number of fused-ring (bicyclic) bond motifs is 2. The van der Waals surface area contributed by atoms with E-state index in [9.17, 15) is 9.59 Å². The molecule has 1 aliphatic carbocycles. The fourth-order valence-electron chi connectivity index (χ4n) is 4.21. The first-order chi connectivity index (χ1) is 14.7. The van der Waals surface area contributed by atoms with Gasteiger partial charge in [-0.25, -0.2) is 4.79 Å². The average Bonchev–Trinajstić information content (AvgIpc) is 3.31. The van der Waals surface area contributed by atoms with Crippen LogP contribution in [0, 0.1) is 0 Å². The molecule has 2 aromatic carbocycles. The average molecular weight is 402 g/mol. The highest BCUT2D eigenvalue weighted by atomic mass is 16.4. The van der Waals surface area contributed by atoms with Crippen LogP contribution in [0.25, 0.3) is 11.1 Å². The van der Waals surface area contributed by atoms with Crippen LogP contribution in [0.3, 0.4) is 0 Å². The van der Waals surface area contributed by atoms with Gasteiger partial charge in [0.15, 0.2) is 5.58 Å². The zero-order valence-corrected chi connectivity index (χ0v) is 16.5. The number of oxazole rings is 1. The second kappa shape index (κ2) is 7.67. The number of para-hydroxylation sites is 2. The second-order valence-corrected chi connectivity index (χ2v) is 7.62. The number of carbonyl (C=O) groups excluding carboxylic acids is 1. The summed E-state index contributed by atoms with van der Waals surface area (Å²) in [5.41, 5.74) is 4.53. The predicted molar refractivity (Wildman–Crippen MR) is 112 cm³/mol. The molecule has 0 saturated carbocycles. The first-order valence-corrected chi connectivity index (χ1v) is 10.2. The van der Waals surface area contributed by atoms with E-state index in [1.54, 1.807) is 18.2 Å². The second-order valence-electron chi connectivity index (χ2n) is 7.62. The zero-order valence-electron chi connectivity index (χ0n) is 16.5. The molecule has 1 unspecified atom stereocenters. The Kier molecular flexibility index (Phi) is 4.71. The molecule has 2 heterocycles. The Hall–Kier alpha value is -3.61. The molecule has 1 aliphatic rings. The summed E-state index contributed by atoms with van der Waals surface area (Å²) in [6, 6.07) is 17.2. The molecule has 5 rings (SSSR count). The minimum Gasteiger partial charge on any atom is -0.408 e. The number of nitrogens with zero attached hydrogens (tertiary/aromatic N) is 3. The van der Waals surface area contributed by atoms with Gasteiger partial charge < -0.3 is 9.73 Å². The van der Waals surface area contributed by atoms with Crippen LogP contribution in [0.1, 0.15) is 35.7 Å². The molecular weight excluding hydrogens is 380 g/mol. The van der Waals surface area contributed by atoms with E-state index in [1.165, 1.54) is 15.8 Å². The van der Waals surface area contributed by atoms with Crippen LogP contribution in [0.4, 0.5) is 0 Å². The number of rotatable bonds is 5. The lowest BCUT2D eigenvalue weighted by atomic mass is 9.93. The monoisotopic (exact) mass is 402 g/mol. The largest absolute Gasteiger partial charge is 0.420 e. The highest BCUT2D eigenvalue weighted by Gasteiger charge is 2.26. The third-order valence-electron chi connectivity index (χ3n) is 5.65. The molecule has 2 aromatic heterocycles. The fraction of sp³-hybridized carbons (Fsp3) is 0.261. The molecule has 1 N–H and O–H groups in total. The molecule has 0 aliphatic heterocycles. The summed E-state index contributed by atoms with van der Waals surface area (Å²) in [6.45, 7) is 0.646. The van der Waals surface area contributed by atoms with Gasteiger partial charge in [-0.05, 0) is 37.0 Å². The summed E-state index contributed by atoms with van der Waals surface area (Å²) in [6.07, 6.45) is 4.64. The van der Waals surface area contributed by atoms with Crippen LogP contribution in [-0.4, -0.2) is 20.3 Å². The lowest BCUT2D eigenvalue weighted by Gasteiger charge is -2.24. The minimum atomic E-state index is -0.522. The van der Waals surface area contributed by atoms with Gasteiger partial charge in [-0.3, -0.25) is 14.0 Å². The van der Waals surface area contributed by atoms with E-state index in [1.807, 2.05) is 35.1 Å². The molecule has 0 spiro atoms. The quantitative estimate of drug-likeness (QED) is 0.556. The summed E-state index contributed by atoms with van der Waals surface area (Å²) in [4.78, 5) is 24.9. The molecule has 0 bridgehead atoms. The Bertz CT molecular complexity index is 1250. The van der Waals surface area contributed by atoms with Crippen LogP contribution >= 0.6 is 0 Å². The lowest BCUT2D eigenvalue weighted by molar-refractivity contribution is -0.122. The Morgan fingerprint density at radius 1 is 1.13 bits per heavy atom. The van der Waals surface area contributed by atoms with Crippen molar-refractivity contribution in [1.29, 1.82) is 0 Å². The van der Waals surface area contributed by atoms with Crippen molar-refractivity contribution in [2.24, 2.45) is 0 Å². The fourth-order valence-corrected chi connectivity index (χ4v) is 4.21. The maximum atomic E-state index is 12.7. The van der Waals surface area contributed by atoms with Gasteiger partial charge in [-0.2, -0.15) is 5.10 Å². The third kappa shape index (κ3) is 3.43. The van der Waals surface area contributed by atoms with Crippen molar-refractivity contribution in [3.63, 3.8) is 0 Å². The molecule has 7 nitrogen and oxygen atoms in total. The van der Waals surface area contributed by atoms with E-state index in [0.717, 1.165) is 24.8 Å². The molecule has 1 amide bonds. The number of carbonyl (C=O) groups is 1. The standard InChI is InChI=1S/C23H22N4O3/c28-22(15-26-20-10-4-5-12-21(20)30-23(26)29)25-18-9-6-11-19-17(18)13-24-27(19)14-16-7-2-1-3-8-16/h1-5,7-8,10,12-13,18H,6,9,11,14-15H2,(H,25,28). The molecule has 7 heteroatoms. The smallest absolute Gasteiger partial charge is 0.408 e. The molecule has 4 aromatic rings. The van der Waals surface area contributed by atoms with Gasteiger partial charge in [0.25, 0.3) is 0 Å². The summed E-state index contributed by atoms with van der Waals surface area (Å²) >= 11 is 0. The highest BCUT2D eigenvalue weighted by molar-refractivity contribution is 5.79. The first-order valence-electron chi connectivity index (χ1n) is 10.2. The van der Waals surface area contributed by atoms with Gasteiger partial charge in [0.1, 0.15) is 6.54 Å².